The Kier molecular flexibility index (Phi) is 9.53. The van der Waals surface area contributed by atoms with Crippen LogP contribution in [-0.2, 0) is 0 Å². The van der Waals surface area contributed by atoms with Crippen LogP contribution >= 0.6 is 0 Å². The minimum absolute atomic E-state index is 0.896. The summed E-state index contributed by atoms with van der Waals surface area (Å²) in [5.41, 5.74) is 17.9. The summed E-state index contributed by atoms with van der Waals surface area (Å²) in [6.45, 7) is 0. The van der Waals surface area contributed by atoms with Crippen molar-refractivity contribution < 1.29 is 4.42 Å². The molecule has 0 spiro atoms. The highest BCUT2D eigenvalue weighted by Crippen LogP contribution is 2.41. The minimum atomic E-state index is 0.896. The molecule has 0 saturated heterocycles. The maximum absolute atomic E-state index is 6.28. The number of rotatable bonds is 8. The molecule has 0 radical (unpaired) electrons. The van der Waals surface area contributed by atoms with Gasteiger partial charge in [0.1, 0.15) is 11.2 Å². The topological polar surface area (TPSA) is 21.3 Å². The molecule has 0 amide bonds. The molecule has 2 aromatic heterocycles. The van der Waals surface area contributed by atoms with Gasteiger partial charge in [0.15, 0.2) is 0 Å². The van der Waals surface area contributed by atoms with Crippen LogP contribution in [-0.4, -0.2) is 4.57 Å². The summed E-state index contributed by atoms with van der Waals surface area (Å²) in [5, 5.41) is 9.83. The molecule has 0 aliphatic rings. The van der Waals surface area contributed by atoms with Gasteiger partial charge in [-0.25, -0.2) is 0 Å². The lowest BCUT2D eigenvalue weighted by Gasteiger charge is -2.26. The average Bonchev–Trinajstić information content (AvgIpc) is 3.99. The molecule has 14 aromatic rings. The zero-order valence-electron chi connectivity index (χ0n) is 38.7. The van der Waals surface area contributed by atoms with Crippen LogP contribution in [0.15, 0.2) is 271 Å². The van der Waals surface area contributed by atoms with Crippen LogP contribution in [0.5, 0.6) is 0 Å². The quantitative estimate of drug-likeness (QED) is 0.142. The number of hydrogen-bond donors (Lipinski definition) is 0. The highest BCUT2D eigenvalue weighted by atomic mass is 16.3. The molecule has 0 fully saturated rings. The Morgan fingerprint density at radius 1 is 0.268 bits per heavy atom. The summed E-state index contributed by atoms with van der Waals surface area (Å²) in [4.78, 5) is 2.36. The van der Waals surface area contributed by atoms with Crippen molar-refractivity contribution >= 4 is 82.4 Å². The Bertz CT molecular complexity index is 4280. The number of benzene rings is 12. The minimum Gasteiger partial charge on any atom is -0.456 e. The number of hydrogen-bond acceptors (Lipinski definition) is 2. The lowest BCUT2D eigenvalue weighted by atomic mass is 9.93. The summed E-state index contributed by atoms with van der Waals surface area (Å²) in [6.07, 6.45) is 0. The van der Waals surface area contributed by atoms with E-state index in [-0.39, 0.29) is 0 Å². The highest BCUT2D eigenvalue weighted by molar-refractivity contribution is 6.14. The molecule has 0 aliphatic carbocycles. The van der Waals surface area contributed by atoms with Crippen molar-refractivity contribution in [3.63, 3.8) is 0 Å². The van der Waals surface area contributed by atoms with E-state index in [4.69, 9.17) is 4.42 Å². The van der Waals surface area contributed by atoms with Gasteiger partial charge in [-0.05, 0) is 157 Å². The molecule has 3 nitrogen and oxygen atoms in total. The first-order valence-electron chi connectivity index (χ1n) is 24.3. The van der Waals surface area contributed by atoms with Gasteiger partial charge < -0.3 is 13.9 Å². The number of anilines is 3. The van der Waals surface area contributed by atoms with E-state index < -0.39 is 0 Å². The monoisotopic (exact) mass is 904 g/mol. The molecule has 0 unspecified atom stereocenters. The van der Waals surface area contributed by atoms with Gasteiger partial charge in [0, 0.05) is 44.3 Å². The molecular formula is C68H44N2O. The predicted octanol–water partition coefficient (Wildman–Crippen LogP) is 19.1. The SMILES string of the molecule is c1cc(-c2ccc(N(c3ccc(-c4ccc5c(c4)oc4ccccc45)cc3)c3ccc(-c4cc5ccccc5c5ccccc45)cc3)cc2)cc(-c2cccc(-n3c4ccccc4c4ccccc43)c2)c1. The molecule has 14 rings (SSSR count). The van der Waals surface area contributed by atoms with E-state index in [9.17, 15) is 0 Å². The second-order valence-corrected chi connectivity index (χ2v) is 18.5. The number of aromatic nitrogens is 1. The van der Waals surface area contributed by atoms with Crippen LogP contribution in [0, 0.1) is 0 Å². The van der Waals surface area contributed by atoms with Gasteiger partial charge in [-0.15, -0.1) is 0 Å². The summed E-state index contributed by atoms with van der Waals surface area (Å²) in [5.74, 6) is 0. The summed E-state index contributed by atoms with van der Waals surface area (Å²) in [7, 11) is 0. The van der Waals surface area contributed by atoms with Gasteiger partial charge in [0.05, 0.1) is 11.0 Å². The number of para-hydroxylation sites is 3. The Balaban J connectivity index is 0.822. The summed E-state index contributed by atoms with van der Waals surface area (Å²) >= 11 is 0. The first kappa shape index (κ1) is 40.6. The average molecular weight is 905 g/mol. The first-order valence-corrected chi connectivity index (χ1v) is 24.3. The highest BCUT2D eigenvalue weighted by Gasteiger charge is 2.17. The number of nitrogens with zero attached hydrogens (tertiary/aromatic N) is 2. The van der Waals surface area contributed by atoms with Crippen molar-refractivity contribution in [1.29, 1.82) is 0 Å². The third-order valence-corrected chi connectivity index (χ3v) is 14.4. The van der Waals surface area contributed by atoms with Crippen molar-refractivity contribution in [1.82, 2.24) is 4.57 Å². The third kappa shape index (κ3) is 6.97. The fourth-order valence-electron chi connectivity index (χ4n) is 10.9. The molecule has 0 N–H and O–H groups in total. The normalized spacial score (nSPS) is 11.7. The molecule has 0 atom stereocenters. The zero-order valence-corrected chi connectivity index (χ0v) is 38.7. The molecular weight excluding hydrogens is 861 g/mol. The van der Waals surface area contributed by atoms with E-state index in [0.29, 0.717) is 0 Å². The van der Waals surface area contributed by atoms with Crippen molar-refractivity contribution in [2.45, 2.75) is 0 Å². The van der Waals surface area contributed by atoms with Crippen LogP contribution in [0.1, 0.15) is 0 Å². The van der Waals surface area contributed by atoms with E-state index in [1.165, 1.54) is 71.2 Å². The lowest BCUT2D eigenvalue weighted by molar-refractivity contribution is 0.669. The van der Waals surface area contributed by atoms with Crippen molar-refractivity contribution in [2.24, 2.45) is 0 Å². The van der Waals surface area contributed by atoms with Crippen molar-refractivity contribution in [3.8, 4) is 50.2 Å². The maximum Gasteiger partial charge on any atom is 0.136 e. The summed E-state index contributed by atoms with van der Waals surface area (Å²) < 4.78 is 8.67. The van der Waals surface area contributed by atoms with Crippen LogP contribution in [0.2, 0.25) is 0 Å². The lowest BCUT2D eigenvalue weighted by Crippen LogP contribution is -2.09. The molecule has 0 saturated carbocycles. The van der Waals surface area contributed by atoms with Gasteiger partial charge in [0.25, 0.3) is 0 Å². The predicted molar refractivity (Wildman–Crippen MR) is 299 cm³/mol. The van der Waals surface area contributed by atoms with Gasteiger partial charge in [-0.1, -0.05) is 176 Å². The largest absolute Gasteiger partial charge is 0.456 e. The van der Waals surface area contributed by atoms with Crippen LogP contribution in [0.4, 0.5) is 17.1 Å². The third-order valence-electron chi connectivity index (χ3n) is 14.4. The standard InChI is InChI=1S/C68H44N2O/c1-2-18-57-52(13-1)43-64(59-20-4-3-19-58(57)59)47-31-38-55(39-32-47)69(54-36-29-46(30-37-54)51-33-40-63-62-23-7-10-26-67(62)71-68(63)44-51)53-34-27-45(28-35-53)48-14-11-15-49(41-48)50-16-12-17-56(42-50)70-65-24-8-5-21-60(65)61-22-6-9-25-66(61)70/h1-44H. The smallest absolute Gasteiger partial charge is 0.136 e. The fourth-order valence-corrected chi connectivity index (χ4v) is 10.9. The van der Waals surface area contributed by atoms with E-state index >= 15 is 0 Å². The van der Waals surface area contributed by atoms with Crippen LogP contribution in [0.25, 0.3) is 115 Å². The van der Waals surface area contributed by atoms with Crippen molar-refractivity contribution in [3.05, 3.63) is 267 Å². The van der Waals surface area contributed by atoms with Gasteiger partial charge in [-0.3, -0.25) is 0 Å². The molecule has 3 heteroatoms. The molecule has 12 aromatic carbocycles. The van der Waals surface area contributed by atoms with Gasteiger partial charge in [0.2, 0.25) is 0 Å². The second kappa shape index (κ2) is 16.7. The number of fused-ring (bicyclic) bond motifs is 9. The molecule has 0 bridgehead atoms. The fraction of sp³-hybridized carbons (Fsp3) is 0. The first-order chi connectivity index (χ1) is 35.2. The Morgan fingerprint density at radius 3 is 1.39 bits per heavy atom. The zero-order chi connectivity index (χ0) is 46.8. The van der Waals surface area contributed by atoms with Crippen molar-refractivity contribution in [2.75, 3.05) is 4.90 Å². The van der Waals surface area contributed by atoms with E-state index in [1.807, 2.05) is 12.1 Å². The van der Waals surface area contributed by atoms with Crippen LogP contribution in [0.3, 0.4) is 0 Å². The van der Waals surface area contributed by atoms with Crippen LogP contribution < -0.4 is 4.90 Å². The van der Waals surface area contributed by atoms with E-state index in [1.54, 1.807) is 0 Å². The molecule has 332 valence electrons. The van der Waals surface area contributed by atoms with E-state index in [2.05, 4.69) is 264 Å². The molecule has 0 aliphatic heterocycles. The van der Waals surface area contributed by atoms with E-state index in [0.717, 1.165) is 61.4 Å². The Labute approximate surface area is 411 Å². The Morgan fingerprint density at radius 2 is 0.732 bits per heavy atom. The van der Waals surface area contributed by atoms with Gasteiger partial charge >= 0.3 is 0 Å². The van der Waals surface area contributed by atoms with Gasteiger partial charge in [-0.2, -0.15) is 0 Å². The molecule has 2 heterocycles. The molecule has 71 heavy (non-hydrogen) atoms. The second-order valence-electron chi connectivity index (χ2n) is 18.5. The Hall–Kier alpha value is -9.44. The maximum atomic E-state index is 6.28. The number of furan rings is 1. The summed E-state index contributed by atoms with van der Waals surface area (Å²) in [6, 6.07) is 96.7.